The number of fused-ring (bicyclic) bond motifs is 1. The first-order chi connectivity index (χ1) is 17.2. The standard InChI is InChI=1S/C30H19ClN4/c31-30-34-28(22-12-7-15-32-19-22)33-29(35-30)25-17-23(20-8-2-1-3-9-20)16-24(18-25)27-14-6-11-21-10-4-5-13-26(21)27/h1-19H. The number of halogens is 1. The van der Waals surface area contributed by atoms with E-state index in [2.05, 4.69) is 87.7 Å². The Hall–Kier alpha value is -4.41. The molecule has 6 aromatic rings. The van der Waals surface area contributed by atoms with Gasteiger partial charge in [0.2, 0.25) is 5.28 Å². The molecule has 0 N–H and O–H groups in total. The second-order valence-corrected chi connectivity index (χ2v) is 8.52. The normalized spacial score (nSPS) is 11.0. The minimum absolute atomic E-state index is 0.144. The Bertz CT molecular complexity index is 1650. The third-order valence-corrected chi connectivity index (χ3v) is 6.10. The van der Waals surface area contributed by atoms with Crippen molar-refractivity contribution in [1.29, 1.82) is 0 Å². The number of hydrogen-bond donors (Lipinski definition) is 0. The lowest BCUT2D eigenvalue weighted by Crippen LogP contribution is -1.98. The van der Waals surface area contributed by atoms with Crippen LogP contribution in [0.5, 0.6) is 0 Å². The Morgan fingerprint density at radius 2 is 1.20 bits per heavy atom. The molecule has 0 aliphatic rings. The molecule has 0 radical (unpaired) electrons. The van der Waals surface area contributed by atoms with E-state index in [1.807, 2.05) is 30.3 Å². The molecule has 166 valence electrons. The fraction of sp³-hybridized carbons (Fsp3) is 0. The molecule has 0 saturated carbocycles. The van der Waals surface area contributed by atoms with E-state index in [4.69, 9.17) is 16.6 Å². The molecule has 0 atom stereocenters. The highest BCUT2D eigenvalue weighted by Gasteiger charge is 2.14. The molecule has 0 spiro atoms. The van der Waals surface area contributed by atoms with Gasteiger partial charge in [-0.3, -0.25) is 4.98 Å². The zero-order valence-electron chi connectivity index (χ0n) is 18.6. The lowest BCUT2D eigenvalue weighted by Gasteiger charge is -2.13. The van der Waals surface area contributed by atoms with E-state index in [1.54, 1.807) is 12.4 Å². The van der Waals surface area contributed by atoms with Crippen LogP contribution in [0.15, 0.2) is 116 Å². The van der Waals surface area contributed by atoms with Crippen molar-refractivity contribution < 1.29 is 0 Å². The van der Waals surface area contributed by atoms with Crippen molar-refractivity contribution in [3.8, 4) is 45.0 Å². The Balaban J connectivity index is 1.58. The van der Waals surface area contributed by atoms with Crippen molar-refractivity contribution in [2.75, 3.05) is 0 Å². The van der Waals surface area contributed by atoms with E-state index in [0.717, 1.165) is 33.4 Å². The zero-order valence-corrected chi connectivity index (χ0v) is 19.4. The van der Waals surface area contributed by atoms with Gasteiger partial charge in [0, 0.05) is 23.5 Å². The molecule has 6 rings (SSSR count). The summed E-state index contributed by atoms with van der Waals surface area (Å²) in [7, 11) is 0. The second kappa shape index (κ2) is 9.09. The smallest absolute Gasteiger partial charge is 0.226 e. The molecule has 0 aliphatic carbocycles. The summed E-state index contributed by atoms with van der Waals surface area (Å²) in [6.07, 6.45) is 3.43. The van der Waals surface area contributed by atoms with Crippen LogP contribution >= 0.6 is 11.6 Å². The minimum Gasteiger partial charge on any atom is -0.264 e. The van der Waals surface area contributed by atoms with Gasteiger partial charge in [0.25, 0.3) is 0 Å². The maximum atomic E-state index is 6.36. The molecule has 0 fully saturated rings. The van der Waals surface area contributed by atoms with Gasteiger partial charge in [0.05, 0.1) is 0 Å². The van der Waals surface area contributed by atoms with Crippen molar-refractivity contribution in [2.45, 2.75) is 0 Å². The highest BCUT2D eigenvalue weighted by Crippen LogP contribution is 2.35. The van der Waals surface area contributed by atoms with Gasteiger partial charge in [-0.05, 0) is 75.0 Å². The van der Waals surface area contributed by atoms with Gasteiger partial charge in [0.1, 0.15) is 0 Å². The molecule has 4 nitrogen and oxygen atoms in total. The molecule has 0 amide bonds. The van der Waals surface area contributed by atoms with Crippen LogP contribution in [-0.2, 0) is 0 Å². The van der Waals surface area contributed by atoms with Gasteiger partial charge >= 0.3 is 0 Å². The Labute approximate surface area is 208 Å². The summed E-state index contributed by atoms with van der Waals surface area (Å²) >= 11 is 6.36. The monoisotopic (exact) mass is 470 g/mol. The Kier molecular flexibility index (Phi) is 5.49. The van der Waals surface area contributed by atoms with Crippen LogP contribution < -0.4 is 0 Å². The first-order valence-electron chi connectivity index (χ1n) is 11.3. The topological polar surface area (TPSA) is 51.6 Å². The molecular formula is C30H19ClN4. The van der Waals surface area contributed by atoms with Gasteiger partial charge in [-0.15, -0.1) is 0 Å². The summed E-state index contributed by atoms with van der Waals surface area (Å²) in [5.41, 5.74) is 6.07. The summed E-state index contributed by atoms with van der Waals surface area (Å²) in [5.74, 6) is 1.01. The fourth-order valence-corrected chi connectivity index (χ4v) is 4.45. The first-order valence-corrected chi connectivity index (χ1v) is 11.6. The number of nitrogens with zero attached hydrogens (tertiary/aromatic N) is 4. The fourth-order valence-electron chi connectivity index (χ4n) is 4.29. The first kappa shape index (κ1) is 21.1. The third-order valence-electron chi connectivity index (χ3n) is 5.93. The molecule has 2 aromatic heterocycles. The average molecular weight is 471 g/mol. The van der Waals surface area contributed by atoms with Crippen LogP contribution in [0.2, 0.25) is 5.28 Å². The quantitative estimate of drug-likeness (QED) is 0.264. The molecule has 5 heteroatoms. The maximum Gasteiger partial charge on any atom is 0.226 e. The van der Waals surface area contributed by atoms with E-state index in [1.165, 1.54) is 10.8 Å². The summed E-state index contributed by atoms with van der Waals surface area (Å²) in [4.78, 5) is 17.8. The minimum atomic E-state index is 0.144. The van der Waals surface area contributed by atoms with E-state index in [-0.39, 0.29) is 5.28 Å². The van der Waals surface area contributed by atoms with Crippen LogP contribution in [0.3, 0.4) is 0 Å². The lowest BCUT2D eigenvalue weighted by atomic mass is 9.93. The molecule has 0 unspecified atom stereocenters. The third kappa shape index (κ3) is 4.27. The largest absolute Gasteiger partial charge is 0.264 e. The zero-order chi connectivity index (χ0) is 23.6. The predicted octanol–water partition coefficient (Wildman–Crippen LogP) is 7.74. The SMILES string of the molecule is Clc1nc(-c2cccnc2)nc(-c2cc(-c3ccccc3)cc(-c3cccc4ccccc34)c2)n1. The predicted molar refractivity (Wildman–Crippen MR) is 142 cm³/mol. The Morgan fingerprint density at radius 3 is 2.03 bits per heavy atom. The Morgan fingerprint density at radius 1 is 0.514 bits per heavy atom. The molecular weight excluding hydrogens is 452 g/mol. The summed E-state index contributed by atoms with van der Waals surface area (Å²) in [6, 6.07) is 35.3. The van der Waals surface area contributed by atoms with Gasteiger partial charge in [-0.2, -0.15) is 9.97 Å². The summed E-state index contributed by atoms with van der Waals surface area (Å²) < 4.78 is 0. The summed E-state index contributed by atoms with van der Waals surface area (Å²) in [6.45, 7) is 0. The van der Waals surface area contributed by atoms with Crippen molar-refractivity contribution in [3.05, 3.63) is 121 Å². The lowest BCUT2D eigenvalue weighted by molar-refractivity contribution is 1.06. The van der Waals surface area contributed by atoms with Gasteiger partial charge in [0.15, 0.2) is 11.6 Å². The van der Waals surface area contributed by atoms with Crippen LogP contribution in [0, 0.1) is 0 Å². The number of hydrogen-bond acceptors (Lipinski definition) is 4. The number of aromatic nitrogens is 4. The molecule has 0 bridgehead atoms. The second-order valence-electron chi connectivity index (χ2n) is 8.19. The highest BCUT2D eigenvalue weighted by atomic mass is 35.5. The van der Waals surface area contributed by atoms with Crippen molar-refractivity contribution in [3.63, 3.8) is 0 Å². The van der Waals surface area contributed by atoms with E-state index < -0.39 is 0 Å². The van der Waals surface area contributed by atoms with Crippen LogP contribution in [-0.4, -0.2) is 19.9 Å². The van der Waals surface area contributed by atoms with Gasteiger partial charge in [-0.1, -0.05) is 72.8 Å². The number of pyridine rings is 1. The van der Waals surface area contributed by atoms with Crippen molar-refractivity contribution >= 4 is 22.4 Å². The van der Waals surface area contributed by atoms with Crippen molar-refractivity contribution in [1.82, 2.24) is 19.9 Å². The van der Waals surface area contributed by atoms with Crippen molar-refractivity contribution in [2.24, 2.45) is 0 Å². The van der Waals surface area contributed by atoms with Crippen LogP contribution in [0.4, 0.5) is 0 Å². The van der Waals surface area contributed by atoms with E-state index in [0.29, 0.717) is 11.6 Å². The van der Waals surface area contributed by atoms with Gasteiger partial charge in [-0.25, -0.2) is 4.98 Å². The van der Waals surface area contributed by atoms with Crippen LogP contribution in [0.1, 0.15) is 0 Å². The molecule has 2 heterocycles. The van der Waals surface area contributed by atoms with E-state index in [9.17, 15) is 0 Å². The molecule has 0 saturated heterocycles. The van der Waals surface area contributed by atoms with E-state index >= 15 is 0 Å². The number of rotatable bonds is 4. The highest BCUT2D eigenvalue weighted by molar-refractivity contribution is 6.28. The molecule has 4 aromatic carbocycles. The van der Waals surface area contributed by atoms with Gasteiger partial charge < -0.3 is 0 Å². The number of benzene rings is 4. The molecule has 35 heavy (non-hydrogen) atoms. The maximum absolute atomic E-state index is 6.36. The average Bonchev–Trinajstić information content (AvgIpc) is 2.93. The summed E-state index contributed by atoms with van der Waals surface area (Å²) in [5, 5.41) is 2.53. The van der Waals surface area contributed by atoms with Crippen LogP contribution in [0.25, 0.3) is 55.8 Å². The molecule has 0 aliphatic heterocycles.